The van der Waals surface area contributed by atoms with Crippen molar-refractivity contribution >= 4 is 11.6 Å². The molecule has 1 aliphatic heterocycles. The van der Waals surface area contributed by atoms with Crippen molar-refractivity contribution in [1.29, 1.82) is 0 Å². The van der Waals surface area contributed by atoms with E-state index < -0.39 is 0 Å². The number of hydrogen-bond acceptors (Lipinski definition) is 2. The zero-order chi connectivity index (χ0) is 20.1. The van der Waals surface area contributed by atoms with Crippen LogP contribution in [0.15, 0.2) is 72.8 Å². The lowest BCUT2D eigenvalue weighted by Gasteiger charge is -2.31. The van der Waals surface area contributed by atoms with E-state index in [-0.39, 0.29) is 11.7 Å². The summed E-state index contributed by atoms with van der Waals surface area (Å²) in [4.78, 5) is 14.8. The highest BCUT2D eigenvalue weighted by Crippen LogP contribution is 2.28. The maximum Gasteiger partial charge on any atom is 0.251 e. The number of fused-ring (bicyclic) bond motifs is 1. The molecule has 0 saturated heterocycles. The molecule has 0 fully saturated rings. The van der Waals surface area contributed by atoms with Crippen LogP contribution in [0.2, 0.25) is 0 Å². The lowest BCUT2D eigenvalue weighted by atomic mass is 10.0. The Labute approximate surface area is 171 Å². The Bertz CT molecular complexity index is 967. The van der Waals surface area contributed by atoms with Crippen molar-refractivity contribution in [3.63, 3.8) is 0 Å². The lowest BCUT2D eigenvalue weighted by Crippen LogP contribution is -2.29. The summed E-state index contributed by atoms with van der Waals surface area (Å²) in [7, 11) is 0. The van der Waals surface area contributed by atoms with Crippen molar-refractivity contribution < 1.29 is 9.18 Å². The fourth-order valence-electron chi connectivity index (χ4n) is 3.83. The van der Waals surface area contributed by atoms with E-state index in [9.17, 15) is 9.18 Å². The van der Waals surface area contributed by atoms with E-state index in [2.05, 4.69) is 34.5 Å². The summed E-state index contributed by atoms with van der Waals surface area (Å²) in [6.07, 6.45) is 2.99. The van der Waals surface area contributed by atoms with E-state index in [0.29, 0.717) is 18.5 Å². The topological polar surface area (TPSA) is 32.3 Å². The number of nitrogens with zero attached hydrogens (tertiary/aromatic N) is 1. The van der Waals surface area contributed by atoms with E-state index >= 15 is 0 Å². The Morgan fingerprint density at radius 1 is 0.931 bits per heavy atom. The van der Waals surface area contributed by atoms with Crippen LogP contribution < -0.4 is 10.2 Å². The number of aryl methyl sites for hydroxylation is 1. The third-order valence-electron chi connectivity index (χ3n) is 5.41. The van der Waals surface area contributed by atoms with Crippen molar-refractivity contribution in [2.75, 3.05) is 18.0 Å². The minimum Gasteiger partial charge on any atom is -0.367 e. The fraction of sp³-hybridized carbons (Fsp3) is 0.240. The Kier molecular flexibility index (Phi) is 5.89. The number of anilines is 1. The average molecular weight is 388 g/mol. The summed E-state index contributed by atoms with van der Waals surface area (Å²) in [5.74, 6) is -0.326. The molecule has 29 heavy (non-hydrogen) atoms. The van der Waals surface area contributed by atoms with Crippen LogP contribution in [0.25, 0.3) is 0 Å². The van der Waals surface area contributed by atoms with Crippen molar-refractivity contribution in [2.45, 2.75) is 25.8 Å². The van der Waals surface area contributed by atoms with Gasteiger partial charge >= 0.3 is 0 Å². The Morgan fingerprint density at radius 2 is 1.66 bits per heavy atom. The summed E-state index contributed by atoms with van der Waals surface area (Å²) in [5.41, 5.74) is 5.59. The van der Waals surface area contributed by atoms with Gasteiger partial charge in [0.05, 0.1) is 0 Å². The number of benzene rings is 3. The zero-order valence-electron chi connectivity index (χ0n) is 16.4. The molecule has 0 bridgehead atoms. The highest BCUT2D eigenvalue weighted by Gasteiger charge is 2.16. The molecule has 0 aromatic heterocycles. The Balaban J connectivity index is 1.32. The second-order valence-corrected chi connectivity index (χ2v) is 7.48. The van der Waals surface area contributed by atoms with Gasteiger partial charge in [0, 0.05) is 30.9 Å². The van der Waals surface area contributed by atoms with Crippen molar-refractivity contribution in [2.24, 2.45) is 0 Å². The largest absolute Gasteiger partial charge is 0.367 e. The van der Waals surface area contributed by atoms with Crippen LogP contribution in [0.3, 0.4) is 0 Å². The van der Waals surface area contributed by atoms with Gasteiger partial charge in [-0.25, -0.2) is 4.39 Å². The molecule has 0 saturated carbocycles. The first-order valence-electron chi connectivity index (χ1n) is 10.1. The number of amides is 1. The normalized spacial score (nSPS) is 13.1. The maximum absolute atomic E-state index is 12.9. The molecule has 1 N–H and O–H groups in total. The molecule has 0 radical (unpaired) electrons. The van der Waals surface area contributed by atoms with Gasteiger partial charge in [-0.1, -0.05) is 42.5 Å². The molecule has 0 atom stereocenters. The molecule has 3 aromatic rings. The lowest BCUT2D eigenvalue weighted by molar-refractivity contribution is 0.0954. The number of carbonyl (C=O) groups excluding carboxylic acids is 1. The SMILES string of the molecule is O=C(NCCc1ccc(F)cc1)c1ccc(CN2CCCc3ccccc32)cc1. The molecule has 4 heteroatoms. The summed E-state index contributed by atoms with van der Waals surface area (Å²) in [6, 6.07) is 22.8. The van der Waals surface area contributed by atoms with Crippen LogP contribution in [0.5, 0.6) is 0 Å². The summed E-state index contributed by atoms with van der Waals surface area (Å²) in [6.45, 7) is 2.43. The zero-order valence-corrected chi connectivity index (χ0v) is 16.4. The molecule has 0 unspecified atom stereocenters. The number of carbonyl (C=O) groups is 1. The van der Waals surface area contributed by atoms with E-state index in [1.54, 1.807) is 12.1 Å². The van der Waals surface area contributed by atoms with Gasteiger partial charge in [-0.3, -0.25) is 4.79 Å². The van der Waals surface area contributed by atoms with Crippen LogP contribution in [0, 0.1) is 5.82 Å². The second kappa shape index (κ2) is 8.91. The number of rotatable bonds is 6. The molecule has 1 heterocycles. The fourth-order valence-corrected chi connectivity index (χ4v) is 3.83. The van der Waals surface area contributed by atoms with Gasteiger partial charge in [0.25, 0.3) is 5.91 Å². The molecule has 3 nitrogen and oxygen atoms in total. The molecular formula is C25H25FN2O. The minimum atomic E-state index is -0.245. The van der Waals surface area contributed by atoms with Gasteiger partial charge in [0.1, 0.15) is 5.82 Å². The number of halogens is 1. The summed E-state index contributed by atoms with van der Waals surface area (Å²) in [5, 5.41) is 2.93. The highest BCUT2D eigenvalue weighted by atomic mass is 19.1. The van der Waals surface area contributed by atoms with Crippen LogP contribution >= 0.6 is 0 Å². The molecule has 1 amide bonds. The first kappa shape index (κ1) is 19.2. The van der Waals surface area contributed by atoms with Gasteiger partial charge in [0.15, 0.2) is 0 Å². The van der Waals surface area contributed by atoms with Crippen molar-refractivity contribution in [1.82, 2.24) is 5.32 Å². The smallest absolute Gasteiger partial charge is 0.251 e. The van der Waals surface area contributed by atoms with E-state index in [1.165, 1.54) is 35.4 Å². The number of nitrogens with one attached hydrogen (secondary N) is 1. The molecule has 1 aliphatic rings. The average Bonchev–Trinajstić information content (AvgIpc) is 2.76. The molecule has 3 aromatic carbocycles. The Hall–Kier alpha value is -3.14. The van der Waals surface area contributed by atoms with Gasteiger partial charge in [0.2, 0.25) is 0 Å². The predicted molar refractivity (Wildman–Crippen MR) is 115 cm³/mol. The molecule has 4 rings (SSSR count). The van der Waals surface area contributed by atoms with Crippen LogP contribution in [0.4, 0.5) is 10.1 Å². The van der Waals surface area contributed by atoms with E-state index in [0.717, 1.165) is 25.1 Å². The molecule has 0 aliphatic carbocycles. The summed E-state index contributed by atoms with van der Waals surface area (Å²) < 4.78 is 12.9. The minimum absolute atomic E-state index is 0.0815. The van der Waals surface area contributed by atoms with E-state index in [4.69, 9.17) is 0 Å². The highest BCUT2D eigenvalue weighted by molar-refractivity contribution is 5.94. The molecule has 148 valence electrons. The Morgan fingerprint density at radius 3 is 2.45 bits per heavy atom. The predicted octanol–water partition coefficient (Wildman–Crippen LogP) is 4.75. The quantitative estimate of drug-likeness (QED) is 0.661. The van der Waals surface area contributed by atoms with Crippen LogP contribution in [-0.2, 0) is 19.4 Å². The van der Waals surface area contributed by atoms with Gasteiger partial charge in [-0.2, -0.15) is 0 Å². The third kappa shape index (κ3) is 4.83. The van der Waals surface area contributed by atoms with Crippen LogP contribution in [-0.4, -0.2) is 19.0 Å². The first-order chi connectivity index (χ1) is 14.2. The van der Waals surface area contributed by atoms with Crippen molar-refractivity contribution in [3.05, 3.63) is 101 Å². The number of hydrogen-bond donors (Lipinski definition) is 1. The van der Waals surface area contributed by atoms with Gasteiger partial charge < -0.3 is 10.2 Å². The third-order valence-corrected chi connectivity index (χ3v) is 5.41. The van der Waals surface area contributed by atoms with Gasteiger partial charge in [-0.15, -0.1) is 0 Å². The second-order valence-electron chi connectivity index (χ2n) is 7.48. The maximum atomic E-state index is 12.9. The molecule has 0 spiro atoms. The van der Waals surface area contributed by atoms with Gasteiger partial charge in [-0.05, 0) is 66.3 Å². The molecular weight excluding hydrogens is 363 g/mol. The van der Waals surface area contributed by atoms with Crippen LogP contribution in [0.1, 0.15) is 33.5 Å². The van der Waals surface area contributed by atoms with E-state index in [1.807, 2.05) is 24.3 Å². The number of para-hydroxylation sites is 1. The first-order valence-corrected chi connectivity index (χ1v) is 10.1. The standard InChI is InChI=1S/C25H25FN2O/c26-23-13-9-19(10-14-23)15-16-27-25(29)22-11-7-20(8-12-22)18-28-17-3-5-21-4-1-2-6-24(21)28/h1-2,4,6-14H,3,5,15-18H2,(H,27,29). The summed E-state index contributed by atoms with van der Waals surface area (Å²) >= 11 is 0. The van der Waals surface area contributed by atoms with Crippen molar-refractivity contribution in [3.8, 4) is 0 Å². The monoisotopic (exact) mass is 388 g/mol.